The van der Waals surface area contributed by atoms with E-state index in [1.807, 2.05) is 0 Å². The minimum absolute atomic E-state index is 0.279. The van der Waals surface area contributed by atoms with Crippen molar-refractivity contribution < 1.29 is 0 Å². The Morgan fingerprint density at radius 2 is 2.10 bits per heavy atom. The molecule has 3 heteroatoms. The fourth-order valence-corrected chi connectivity index (χ4v) is 8.87. The van der Waals surface area contributed by atoms with Crippen LogP contribution in [0.15, 0.2) is 0 Å². The van der Waals surface area contributed by atoms with E-state index >= 15 is 0 Å². The fourth-order valence-electron chi connectivity index (χ4n) is 1.76. The molecule has 0 aromatic rings. The first-order valence-electron chi connectivity index (χ1n) is 4.51. The van der Waals surface area contributed by atoms with Gasteiger partial charge in [0.25, 0.3) is 0 Å². The molecule has 0 saturated carbocycles. The van der Waals surface area contributed by atoms with Crippen LogP contribution >= 0.6 is 0 Å². The third-order valence-electron chi connectivity index (χ3n) is 2.57. The maximum absolute atomic E-state index is 2.77. The van der Waals surface area contributed by atoms with Crippen LogP contribution < -0.4 is 0 Å². The molecular weight excluding hydrogens is 154 g/mol. The Kier molecular flexibility index (Phi) is 3.13. The minimum Gasteiger partial charge on any atom is -0.325 e. The number of rotatable bonds is 3. The monoisotopic (exact) mass is 173 g/mol. The molecule has 60 valence electrons. The van der Waals surface area contributed by atoms with E-state index in [9.17, 15) is 0 Å². The van der Waals surface area contributed by atoms with Crippen molar-refractivity contribution in [3.63, 3.8) is 0 Å². The van der Waals surface area contributed by atoms with Crippen LogP contribution in [0, 0.1) is 0 Å². The second-order valence-electron chi connectivity index (χ2n) is 3.51. The van der Waals surface area contributed by atoms with Crippen LogP contribution in [-0.2, 0) is 0 Å². The van der Waals surface area contributed by atoms with Gasteiger partial charge in [-0.1, -0.05) is 32.1 Å². The Bertz CT molecular complexity index is 102. The Morgan fingerprint density at radius 1 is 1.50 bits per heavy atom. The average molecular weight is 173 g/mol. The molecule has 1 heterocycles. The van der Waals surface area contributed by atoms with Crippen molar-refractivity contribution in [2.24, 2.45) is 0 Å². The fraction of sp³-hybridized carbons (Fsp3) is 1.00. The zero-order valence-corrected chi connectivity index (χ0v) is 10.00. The molecule has 0 aromatic heterocycles. The van der Waals surface area contributed by atoms with Gasteiger partial charge in [-0.2, -0.15) is 0 Å². The first-order valence-corrected chi connectivity index (χ1v) is 8.66. The third kappa shape index (κ3) is 1.71. The van der Waals surface area contributed by atoms with Gasteiger partial charge in [0.1, 0.15) is 8.96 Å². The van der Waals surface area contributed by atoms with Gasteiger partial charge in [0, 0.05) is 9.52 Å². The first-order chi connectivity index (χ1) is 4.75. The Labute approximate surface area is 68.3 Å². The molecule has 10 heavy (non-hydrogen) atoms. The van der Waals surface area contributed by atoms with E-state index in [0.29, 0.717) is 9.52 Å². The largest absolute Gasteiger partial charge is 0.325 e. The second-order valence-corrected chi connectivity index (χ2v) is 10.8. The molecule has 1 saturated heterocycles. The van der Waals surface area contributed by atoms with Gasteiger partial charge in [-0.05, 0) is 12.6 Å². The van der Waals surface area contributed by atoms with Crippen LogP contribution in [0.2, 0.25) is 11.3 Å². The molecule has 0 bridgehead atoms. The van der Waals surface area contributed by atoms with Gasteiger partial charge in [-0.3, -0.25) is 0 Å². The van der Waals surface area contributed by atoms with Crippen LogP contribution in [0.1, 0.15) is 20.8 Å². The maximum Gasteiger partial charge on any atom is 0.106 e. The zero-order chi connectivity index (χ0) is 7.56. The van der Waals surface area contributed by atoms with Gasteiger partial charge >= 0.3 is 0 Å². The lowest BCUT2D eigenvalue weighted by molar-refractivity contribution is 0.378. The normalized spacial score (nSPS) is 27.9. The molecule has 0 aliphatic carbocycles. The smallest absolute Gasteiger partial charge is 0.106 e. The summed E-state index contributed by atoms with van der Waals surface area (Å²) in [5.41, 5.74) is 3.43. The van der Waals surface area contributed by atoms with Crippen molar-refractivity contribution in [3.05, 3.63) is 0 Å². The van der Waals surface area contributed by atoms with E-state index in [1.165, 1.54) is 6.54 Å². The van der Waals surface area contributed by atoms with Crippen molar-refractivity contribution in [1.29, 1.82) is 0 Å². The van der Waals surface area contributed by atoms with Crippen molar-refractivity contribution in [3.8, 4) is 0 Å². The van der Waals surface area contributed by atoms with Gasteiger partial charge < -0.3 is 4.57 Å². The van der Waals surface area contributed by atoms with Gasteiger partial charge in [-0.25, -0.2) is 0 Å². The summed E-state index contributed by atoms with van der Waals surface area (Å²) in [5, 5.41) is 0. The molecule has 0 amide bonds. The van der Waals surface area contributed by atoms with Crippen LogP contribution in [-0.4, -0.2) is 35.6 Å². The van der Waals surface area contributed by atoms with E-state index in [2.05, 4.69) is 25.3 Å². The average Bonchev–Trinajstić information content (AvgIpc) is 1.76. The topological polar surface area (TPSA) is 3.24 Å². The summed E-state index contributed by atoms with van der Waals surface area (Å²) in [5.74, 6) is 0. The molecule has 0 aromatic carbocycles. The molecule has 1 rings (SSSR count). The van der Waals surface area contributed by atoms with Crippen molar-refractivity contribution in [2.45, 2.75) is 38.1 Å². The summed E-state index contributed by atoms with van der Waals surface area (Å²) in [6.07, 6.45) is 0. The summed E-state index contributed by atoms with van der Waals surface area (Å²) < 4.78 is 2.77. The highest BCUT2D eigenvalue weighted by molar-refractivity contribution is 6.84. The summed E-state index contributed by atoms with van der Waals surface area (Å²) in [6, 6.07) is 0.830. The lowest BCUT2D eigenvalue weighted by Crippen LogP contribution is -2.50. The lowest BCUT2D eigenvalue weighted by Gasteiger charge is -2.38. The highest BCUT2D eigenvalue weighted by Crippen LogP contribution is 2.17. The third-order valence-corrected chi connectivity index (χ3v) is 13.1. The van der Waals surface area contributed by atoms with E-state index in [0.717, 1.165) is 6.04 Å². The van der Waals surface area contributed by atoms with Crippen LogP contribution in [0.3, 0.4) is 0 Å². The number of hydrogen-bond acceptors (Lipinski definition) is 1. The molecule has 0 unspecified atom stereocenters. The summed E-state index contributed by atoms with van der Waals surface area (Å²) in [7, 11) is 0.215. The Hall–Kier alpha value is 0.394. The predicted molar refractivity (Wildman–Crippen MR) is 52.8 cm³/mol. The summed E-state index contributed by atoms with van der Waals surface area (Å²) >= 11 is 0. The maximum atomic E-state index is 2.77. The van der Waals surface area contributed by atoms with Crippen molar-refractivity contribution >= 4 is 18.5 Å². The molecule has 0 atom stereocenters. The molecule has 1 fully saturated rings. The van der Waals surface area contributed by atoms with E-state index < -0.39 is 0 Å². The van der Waals surface area contributed by atoms with E-state index in [1.54, 1.807) is 11.3 Å². The van der Waals surface area contributed by atoms with Crippen LogP contribution in [0.4, 0.5) is 0 Å². The highest BCUT2D eigenvalue weighted by atomic mass is 28.4. The second kappa shape index (κ2) is 3.69. The van der Waals surface area contributed by atoms with Gasteiger partial charge in [-0.15, -0.1) is 0 Å². The van der Waals surface area contributed by atoms with Gasteiger partial charge in [0.15, 0.2) is 0 Å². The van der Waals surface area contributed by atoms with Crippen LogP contribution in [0.25, 0.3) is 0 Å². The van der Waals surface area contributed by atoms with E-state index in [-0.39, 0.29) is 8.96 Å². The lowest BCUT2D eigenvalue weighted by atomic mass is 10.4. The first kappa shape index (κ1) is 8.49. The van der Waals surface area contributed by atoms with Crippen molar-refractivity contribution in [2.75, 3.05) is 6.54 Å². The Balaban J connectivity index is 2.31. The SMILES string of the molecule is CCN(C(C)C)[SiH]1C[SiH2]C1. The predicted octanol–water partition coefficient (Wildman–Crippen LogP) is 0.538. The Morgan fingerprint density at radius 3 is 2.20 bits per heavy atom. The quantitative estimate of drug-likeness (QED) is 0.563. The molecule has 0 N–H and O–H groups in total. The van der Waals surface area contributed by atoms with Crippen LogP contribution in [0.5, 0.6) is 0 Å². The zero-order valence-electron chi connectivity index (χ0n) is 7.43. The molecule has 1 aliphatic rings. The minimum atomic E-state index is -0.279. The van der Waals surface area contributed by atoms with Gasteiger partial charge in [0.05, 0.1) is 0 Å². The molecule has 1 aliphatic heterocycles. The summed E-state index contributed by atoms with van der Waals surface area (Å²) in [4.78, 5) is 0. The van der Waals surface area contributed by atoms with Crippen molar-refractivity contribution in [1.82, 2.24) is 4.57 Å². The molecular formula is C7H19NSi2. The van der Waals surface area contributed by atoms with Gasteiger partial charge in [0.2, 0.25) is 0 Å². The standard InChI is InChI=1S/C7H19NSi2/c1-4-8(7(2)3)10-5-9-6-10/h7,10H,4-6,9H2,1-3H3. The van der Waals surface area contributed by atoms with E-state index in [4.69, 9.17) is 0 Å². The number of nitrogens with zero attached hydrogens (tertiary/aromatic N) is 1. The highest BCUT2D eigenvalue weighted by Gasteiger charge is 2.27. The number of hydrogen-bond donors (Lipinski definition) is 0. The molecule has 1 nitrogen and oxygen atoms in total. The molecule has 0 spiro atoms. The molecule has 0 radical (unpaired) electrons. The summed E-state index contributed by atoms with van der Waals surface area (Å²) in [6.45, 7) is 8.31.